The van der Waals surface area contributed by atoms with Crippen LogP contribution in [-0.2, 0) is 4.74 Å². The lowest BCUT2D eigenvalue weighted by atomic mass is 10.2. The van der Waals surface area contributed by atoms with E-state index in [0.29, 0.717) is 12.1 Å². The molecule has 0 saturated carbocycles. The number of nitrogens with zero attached hydrogens (tertiary/aromatic N) is 1. The van der Waals surface area contributed by atoms with Crippen LogP contribution in [0.15, 0.2) is 0 Å². The fourth-order valence-corrected chi connectivity index (χ4v) is 1.60. The molecule has 0 amide bonds. The van der Waals surface area contributed by atoms with Gasteiger partial charge in [0.15, 0.2) is 0 Å². The number of morpholine rings is 1. The zero-order valence-corrected chi connectivity index (χ0v) is 8.29. The first-order chi connectivity index (χ1) is 5.59. The highest BCUT2D eigenvalue weighted by molar-refractivity contribution is 4.77. The molecule has 0 bridgehead atoms. The van der Waals surface area contributed by atoms with Crippen LogP contribution in [0.5, 0.6) is 0 Å². The van der Waals surface area contributed by atoms with Gasteiger partial charge in [-0.25, -0.2) is 0 Å². The van der Waals surface area contributed by atoms with Crippen LogP contribution < -0.4 is 5.73 Å². The van der Waals surface area contributed by atoms with Crippen molar-refractivity contribution in [3.05, 3.63) is 0 Å². The fourth-order valence-electron chi connectivity index (χ4n) is 1.60. The second kappa shape index (κ2) is 4.21. The van der Waals surface area contributed by atoms with Crippen molar-refractivity contribution in [2.75, 3.05) is 19.7 Å². The van der Waals surface area contributed by atoms with Gasteiger partial charge in [0.1, 0.15) is 0 Å². The molecule has 2 unspecified atom stereocenters. The molecule has 1 heterocycles. The van der Waals surface area contributed by atoms with Crippen LogP contribution in [0.3, 0.4) is 0 Å². The van der Waals surface area contributed by atoms with Crippen LogP contribution in [0, 0.1) is 0 Å². The highest BCUT2D eigenvalue weighted by Crippen LogP contribution is 2.10. The van der Waals surface area contributed by atoms with E-state index >= 15 is 0 Å². The molecule has 1 fully saturated rings. The summed E-state index contributed by atoms with van der Waals surface area (Å²) < 4.78 is 5.52. The molecule has 0 aromatic heterocycles. The molecule has 3 nitrogen and oxygen atoms in total. The molecule has 0 aromatic rings. The number of nitrogens with two attached hydrogens (primary N) is 1. The third-order valence-electron chi connectivity index (χ3n) is 2.26. The third kappa shape index (κ3) is 2.73. The van der Waals surface area contributed by atoms with Crippen molar-refractivity contribution in [3.8, 4) is 0 Å². The van der Waals surface area contributed by atoms with E-state index in [1.165, 1.54) is 0 Å². The Bertz CT molecular complexity index is 136. The first-order valence-corrected chi connectivity index (χ1v) is 4.71. The Balaban J connectivity index is 2.38. The van der Waals surface area contributed by atoms with Gasteiger partial charge in [0.2, 0.25) is 0 Å². The van der Waals surface area contributed by atoms with Crippen LogP contribution in [0.2, 0.25) is 0 Å². The van der Waals surface area contributed by atoms with Gasteiger partial charge in [-0.3, -0.25) is 4.90 Å². The molecule has 1 rings (SSSR count). The molecule has 12 heavy (non-hydrogen) atoms. The molecule has 3 atom stereocenters. The number of hydrogen-bond acceptors (Lipinski definition) is 3. The maximum Gasteiger partial charge on any atom is 0.0674 e. The molecule has 1 saturated heterocycles. The average Bonchev–Trinajstić information content (AvgIpc) is 1.96. The maximum absolute atomic E-state index is 5.75. The molecule has 1 aliphatic heterocycles. The minimum atomic E-state index is 0.262. The minimum Gasteiger partial charge on any atom is -0.376 e. The molecule has 3 heteroatoms. The molecule has 72 valence electrons. The summed E-state index contributed by atoms with van der Waals surface area (Å²) in [5.41, 5.74) is 5.75. The van der Waals surface area contributed by atoms with Crippen LogP contribution in [-0.4, -0.2) is 42.8 Å². The van der Waals surface area contributed by atoms with E-state index < -0.39 is 0 Å². The van der Waals surface area contributed by atoms with Crippen molar-refractivity contribution < 1.29 is 4.74 Å². The number of rotatable bonds is 2. The fraction of sp³-hybridized carbons (Fsp3) is 1.00. The van der Waals surface area contributed by atoms with Gasteiger partial charge in [-0.1, -0.05) is 0 Å². The van der Waals surface area contributed by atoms with E-state index in [-0.39, 0.29) is 6.04 Å². The highest BCUT2D eigenvalue weighted by Gasteiger charge is 2.23. The number of ether oxygens (including phenoxy) is 1. The van der Waals surface area contributed by atoms with Gasteiger partial charge < -0.3 is 10.5 Å². The van der Waals surface area contributed by atoms with Crippen molar-refractivity contribution in [2.24, 2.45) is 5.73 Å². The lowest BCUT2D eigenvalue weighted by molar-refractivity contribution is -0.0504. The number of hydrogen-bond donors (Lipinski definition) is 1. The first kappa shape index (κ1) is 9.96. The molecule has 0 aromatic carbocycles. The van der Waals surface area contributed by atoms with Crippen molar-refractivity contribution in [1.29, 1.82) is 0 Å². The maximum atomic E-state index is 5.75. The molecule has 2 N–H and O–H groups in total. The Morgan fingerprint density at radius 3 is 2.83 bits per heavy atom. The molecule has 0 radical (unpaired) electrons. The van der Waals surface area contributed by atoms with Gasteiger partial charge in [-0.05, 0) is 20.8 Å². The summed E-state index contributed by atoms with van der Waals surface area (Å²) >= 11 is 0. The van der Waals surface area contributed by atoms with Gasteiger partial charge in [-0.2, -0.15) is 0 Å². The van der Waals surface area contributed by atoms with E-state index in [9.17, 15) is 0 Å². The van der Waals surface area contributed by atoms with Crippen LogP contribution >= 0.6 is 0 Å². The monoisotopic (exact) mass is 172 g/mol. The highest BCUT2D eigenvalue weighted by atomic mass is 16.5. The lowest BCUT2D eigenvalue weighted by Gasteiger charge is -2.37. The minimum absolute atomic E-state index is 0.262. The predicted octanol–water partition coefficient (Wildman–Crippen LogP) is 0.443. The van der Waals surface area contributed by atoms with E-state index in [1.807, 2.05) is 6.92 Å². The summed E-state index contributed by atoms with van der Waals surface area (Å²) in [6, 6.07) is 0.782. The topological polar surface area (TPSA) is 38.5 Å². The van der Waals surface area contributed by atoms with Crippen molar-refractivity contribution in [3.63, 3.8) is 0 Å². The Morgan fingerprint density at radius 1 is 1.58 bits per heavy atom. The largest absolute Gasteiger partial charge is 0.376 e. The Morgan fingerprint density at radius 2 is 2.25 bits per heavy atom. The van der Waals surface area contributed by atoms with Gasteiger partial charge in [-0.15, -0.1) is 0 Å². The van der Waals surface area contributed by atoms with Gasteiger partial charge in [0, 0.05) is 25.2 Å². The first-order valence-electron chi connectivity index (χ1n) is 4.71. The van der Waals surface area contributed by atoms with E-state index in [1.54, 1.807) is 0 Å². The standard InChI is InChI=1S/C9H20N2O/c1-7(10)4-11-5-9(3)12-6-8(11)2/h7-9H,4-6,10H2,1-3H3/t7-,8?,9?/m0/s1. The zero-order valence-electron chi connectivity index (χ0n) is 8.29. The van der Waals surface area contributed by atoms with Gasteiger partial charge >= 0.3 is 0 Å². The molecule has 0 spiro atoms. The van der Waals surface area contributed by atoms with Crippen LogP contribution in [0.25, 0.3) is 0 Å². The lowest BCUT2D eigenvalue weighted by Crippen LogP contribution is -2.50. The predicted molar refractivity (Wildman–Crippen MR) is 50.1 cm³/mol. The van der Waals surface area contributed by atoms with E-state index in [2.05, 4.69) is 18.7 Å². The molecular weight excluding hydrogens is 152 g/mol. The average molecular weight is 172 g/mol. The van der Waals surface area contributed by atoms with Crippen LogP contribution in [0.4, 0.5) is 0 Å². The Hall–Kier alpha value is -0.120. The summed E-state index contributed by atoms with van der Waals surface area (Å²) in [7, 11) is 0. The summed E-state index contributed by atoms with van der Waals surface area (Å²) in [5, 5.41) is 0. The quantitative estimate of drug-likeness (QED) is 0.657. The van der Waals surface area contributed by atoms with E-state index in [4.69, 9.17) is 10.5 Å². The second-order valence-corrected chi connectivity index (χ2v) is 3.92. The zero-order chi connectivity index (χ0) is 9.14. The van der Waals surface area contributed by atoms with Gasteiger partial charge in [0.05, 0.1) is 12.7 Å². The Labute approximate surface area is 74.9 Å². The summed E-state index contributed by atoms with van der Waals surface area (Å²) in [5.74, 6) is 0. The smallest absolute Gasteiger partial charge is 0.0674 e. The summed E-state index contributed by atoms with van der Waals surface area (Å²) in [4.78, 5) is 2.40. The summed E-state index contributed by atoms with van der Waals surface area (Å²) in [6.07, 6.45) is 0.361. The molecule has 0 aliphatic carbocycles. The molecule has 1 aliphatic rings. The van der Waals surface area contributed by atoms with Crippen LogP contribution in [0.1, 0.15) is 20.8 Å². The Kier molecular flexibility index (Phi) is 3.50. The normalized spacial score (nSPS) is 35.0. The SMILES string of the molecule is CC1CN(C[C@H](C)N)C(C)CO1. The van der Waals surface area contributed by atoms with Gasteiger partial charge in [0.25, 0.3) is 0 Å². The molecular formula is C9H20N2O. The van der Waals surface area contributed by atoms with Crippen molar-refractivity contribution in [2.45, 2.75) is 39.0 Å². The second-order valence-electron chi connectivity index (χ2n) is 3.92. The van der Waals surface area contributed by atoms with E-state index in [0.717, 1.165) is 19.7 Å². The van der Waals surface area contributed by atoms with Crippen molar-refractivity contribution >= 4 is 0 Å². The third-order valence-corrected chi connectivity index (χ3v) is 2.26. The van der Waals surface area contributed by atoms with Crippen molar-refractivity contribution in [1.82, 2.24) is 4.90 Å². The summed E-state index contributed by atoms with van der Waals surface area (Å²) in [6.45, 7) is 9.19.